The average molecular weight is 302 g/mol. The molecule has 0 aromatic heterocycles. The Kier molecular flexibility index (Phi) is 11.5. The zero-order valence-corrected chi connectivity index (χ0v) is 13.7. The monoisotopic (exact) mass is 302 g/mol. The van der Waals surface area contributed by atoms with Crippen LogP contribution in [0.4, 0.5) is 0 Å². The Balaban J connectivity index is 0.000000612. The van der Waals surface area contributed by atoms with Gasteiger partial charge < -0.3 is 9.63 Å². The molecule has 0 spiro atoms. The van der Waals surface area contributed by atoms with Gasteiger partial charge in [-0.15, -0.1) is 0 Å². The summed E-state index contributed by atoms with van der Waals surface area (Å²) < 4.78 is 14.9. The number of hydrogen-bond acceptors (Lipinski definition) is 2. The minimum Gasteiger partial charge on any atom is -0.375 e. The maximum Gasteiger partial charge on any atom is 0.324 e. The minimum absolute atomic E-state index is 0.597. The Hall–Kier alpha value is 0.0200. The highest BCUT2D eigenvalue weighted by molar-refractivity contribution is 7.16. The van der Waals surface area contributed by atoms with Crippen LogP contribution in [0.1, 0.15) is 89.9 Å². The Morgan fingerprint density at radius 2 is 0.900 bits per heavy atom. The highest BCUT2D eigenvalue weighted by atomic mass is 31.1. The van der Waals surface area contributed by atoms with Gasteiger partial charge in [0, 0.05) is 0 Å². The first-order chi connectivity index (χ1) is 9.86. The Morgan fingerprint density at radius 1 is 0.650 bits per heavy atom. The van der Waals surface area contributed by atoms with Crippen LogP contribution >= 0.6 is 8.69 Å². The highest BCUT2D eigenvalue weighted by Crippen LogP contribution is 2.25. The van der Waals surface area contributed by atoms with Crippen molar-refractivity contribution in [1.29, 1.82) is 0 Å². The molecule has 0 saturated heterocycles. The van der Waals surface area contributed by atoms with E-state index in [-0.39, 0.29) is 0 Å². The van der Waals surface area contributed by atoms with Crippen LogP contribution in [-0.4, -0.2) is 17.1 Å². The molecule has 4 heteroatoms. The van der Waals surface area contributed by atoms with E-state index in [0.717, 1.165) is 0 Å². The number of ether oxygens (including phenoxy) is 1. The first-order valence-electron chi connectivity index (χ1n) is 8.49. The summed E-state index contributed by atoms with van der Waals surface area (Å²) in [5.74, 6) is 0. The first-order valence-corrected chi connectivity index (χ1v) is 9.25. The predicted octanol–water partition coefficient (Wildman–Crippen LogP) is 5.41. The molecule has 2 rings (SSSR count). The van der Waals surface area contributed by atoms with Crippen LogP contribution < -0.4 is 0 Å². The smallest absolute Gasteiger partial charge is 0.324 e. The summed E-state index contributed by atoms with van der Waals surface area (Å²) in [6, 6.07) is 0. The fourth-order valence-corrected chi connectivity index (χ4v) is 3.38. The summed E-state index contributed by atoms with van der Waals surface area (Å²) >= 11 is 0. The van der Waals surface area contributed by atoms with Gasteiger partial charge in [-0.05, 0) is 25.7 Å². The van der Waals surface area contributed by atoms with Crippen molar-refractivity contribution in [2.24, 2.45) is 0 Å². The molecular formula is C16H31O3P. The van der Waals surface area contributed by atoms with Crippen molar-refractivity contribution in [3.8, 4) is 0 Å². The third-order valence-electron chi connectivity index (χ3n) is 4.49. The first kappa shape index (κ1) is 18.1. The van der Waals surface area contributed by atoms with Gasteiger partial charge in [0.25, 0.3) is 0 Å². The molecule has 0 aliphatic heterocycles. The SMILES string of the molecule is C1CCCC(OC2CCCCCCC2)CCC1.O=PO. The van der Waals surface area contributed by atoms with Crippen LogP contribution in [0.15, 0.2) is 0 Å². The molecule has 0 aromatic rings. The molecule has 0 heterocycles. The average Bonchev–Trinajstić information content (AvgIpc) is 2.36. The van der Waals surface area contributed by atoms with Gasteiger partial charge in [-0.2, -0.15) is 0 Å². The lowest BCUT2D eigenvalue weighted by molar-refractivity contribution is -0.0355. The molecule has 20 heavy (non-hydrogen) atoms. The molecule has 1 N–H and O–H groups in total. The third kappa shape index (κ3) is 9.05. The molecule has 3 nitrogen and oxygen atoms in total. The lowest BCUT2D eigenvalue weighted by Gasteiger charge is -2.27. The van der Waals surface area contributed by atoms with E-state index in [0.29, 0.717) is 12.2 Å². The van der Waals surface area contributed by atoms with Gasteiger partial charge in [-0.1, -0.05) is 64.2 Å². The maximum absolute atomic E-state index is 8.46. The highest BCUT2D eigenvalue weighted by Gasteiger charge is 2.18. The van der Waals surface area contributed by atoms with Gasteiger partial charge in [0.05, 0.1) is 12.2 Å². The number of hydrogen-bond donors (Lipinski definition) is 1. The van der Waals surface area contributed by atoms with Gasteiger partial charge in [0.15, 0.2) is 0 Å². The largest absolute Gasteiger partial charge is 0.375 e. The van der Waals surface area contributed by atoms with E-state index in [1.807, 2.05) is 0 Å². The van der Waals surface area contributed by atoms with E-state index in [1.165, 1.54) is 89.9 Å². The molecule has 0 aromatic carbocycles. The summed E-state index contributed by atoms with van der Waals surface area (Å²) in [6.45, 7) is 0. The second-order valence-electron chi connectivity index (χ2n) is 6.15. The van der Waals surface area contributed by atoms with Crippen LogP contribution in [0.5, 0.6) is 0 Å². The minimum atomic E-state index is -0.833. The molecular weight excluding hydrogens is 271 g/mol. The van der Waals surface area contributed by atoms with Crippen molar-refractivity contribution in [3.63, 3.8) is 0 Å². The molecule has 118 valence electrons. The van der Waals surface area contributed by atoms with Crippen molar-refractivity contribution >= 4 is 8.69 Å². The van der Waals surface area contributed by atoms with E-state index < -0.39 is 8.69 Å². The summed E-state index contributed by atoms with van der Waals surface area (Å²) in [4.78, 5) is 6.99. The van der Waals surface area contributed by atoms with Crippen LogP contribution in [0.2, 0.25) is 0 Å². The summed E-state index contributed by atoms with van der Waals surface area (Å²) in [5.41, 5.74) is 0. The Morgan fingerprint density at radius 3 is 1.20 bits per heavy atom. The second kappa shape index (κ2) is 12.7. The fourth-order valence-electron chi connectivity index (χ4n) is 3.38. The lowest BCUT2D eigenvalue weighted by Crippen LogP contribution is -2.24. The van der Waals surface area contributed by atoms with Crippen LogP contribution in [0.3, 0.4) is 0 Å². The van der Waals surface area contributed by atoms with Crippen LogP contribution in [-0.2, 0) is 9.30 Å². The van der Waals surface area contributed by atoms with Gasteiger partial charge in [0.2, 0.25) is 0 Å². The molecule has 0 bridgehead atoms. The molecule has 0 radical (unpaired) electrons. The Labute approximate surface area is 125 Å². The van der Waals surface area contributed by atoms with Crippen LogP contribution in [0, 0.1) is 0 Å². The number of rotatable bonds is 2. The summed E-state index contributed by atoms with van der Waals surface area (Å²) in [5, 5.41) is 0. The topological polar surface area (TPSA) is 46.5 Å². The van der Waals surface area contributed by atoms with E-state index in [9.17, 15) is 0 Å². The van der Waals surface area contributed by atoms with Crippen molar-refractivity contribution in [1.82, 2.24) is 0 Å². The maximum atomic E-state index is 8.46. The molecule has 0 amide bonds. The molecule has 2 aliphatic rings. The Bertz CT molecular complexity index is 200. The van der Waals surface area contributed by atoms with Gasteiger partial charge in [-0.25, -0.2) is 4.57 Å². The van der Waals surface area contributed by atoms with Crippen molar-refractivity contribution < 1.29 is 14.2 Å². The predicted molar refractivity (Wildman–Crippen MR) is 83.1 cm³/mol. The van der Waals surface area contributed by atoms with E-state index in [4.69, 9.17) is 14.2 Å². The van der Waals surface area contributed by atoms with E-state index in [2.05, 4.69) is 0 Å². The molecule has 0 unspecified atom stereocenters. The fraction of sp³-hybridized carbons (Fsp3) is 1.00. The molecule has 2 saturated carbocycles. The normalized spacial score (nSPS) is 23.9. The summed E-state index contributed by atoms with van der Waals surface area (Å²) in [7, 11) is -0.833. The van der Waals surface area contributed by atoms with Gasteiger partial charge >= 0.3 is 8.69 Å². The second-order valence-corrected chi connectivity index (χ2v) is 6.32. The molecule has 2 fully saturated rings. The van der Waals surface area contributed by atoms with Crippen molar-refractivity contribution in [2.45, 2.75) is 102 Å². The quantitative estimate of drug-likeness (QED) is 0.693. The molecule has 0 atom stereocenters. The lowest BCUT2D eigenvalue weighted by atomic mass is 9.96. The third-order valence-corrected chi connectivity index (χ3v) is 4.49. The van der Waals surface area contributed by atoms with E-state index in [1.54, 1.807) is 0 Å². The van der Waals surface area contributed by atoms with Crippen molar-refractivity contribution in [2.75, 3.05) is 0 Å². The summed E-state index contributed by atoms with van der Waals surface area (Å²) in [6.07, 6.45) is 20.8. The zero-order chi connectivity index (χ0) is 14.5. The zero-order valence-electron chi connectivity index (χ0n) is 12.8. The van der Waals surface area contributed by atoms with Crippen molar-refractivity contribution in [3.05, 3.63) is 0 Å². The van der Waals surface area contributed by atoms with Gasteiger partial charge in [0.1, 0.15) is 0 Å². The molecule has 2 aliphatic carbocycles. The standard InChI is InChI=1S/C16H30O.HO2P/c1-3-7-11-15(12-8-4-1)17-16-13-9-5-2-6-10-14-16;1-3-2/h15-16H,1-14H2;(H,1,2). The van der Waals surface area contributed by atoms with Crippen LogP contribution in [0.25, 0.3) is 0 Å². The van der Waals surface area contributed by atoms with E-state index >= 15 is 0 Å². The van der Waals surface area contributed by atoms with Gasteiger partial charge in [-0.3, -0.25) is 0 Å².